The Morgan fingerprint density at radius 1 is 1.25 bits per heavy atom. The van der Waals surface area contributed by atoms with Gasteiger partial charge in [-0.1, -0.05) is 18.5 Å². The van der Waals surface area contributed by atoms with E-state index in [9.17, 15) is 0 Å². The standard InChI is InChI=1S/C15H23ClN2O2/c1-4-6-13-17-14(16)10(2)15(18-13)20-12-8-5-7-11(9-12)19-3/h11-12H,4-9H2,1-3H3. The van der Waals surface area contributed by atoms with Crippen molar-refractivity contribution in [3.8, 4) is 5.88 Å². The second-order valence-corrected chi connectivity index (χ2v) is 5.73. The third-order valence-electron chi connectivity index (χ3n) is 3.75. The van der Waals surface area contributed by atoms with Crippen LogP contribution in [0.4, 0.5) is 0 Å². The van der Waals surface area contributed by atoms with Crippen molar-refractivity contribution in [2.24, 2.45) is 0 Å². The summed E-state index contributed by atoms with van der Waals surface area (Å²) in [6.45, 7) is 4.01. The van der Waals surface area contributed by atoms with Gasteiger partial charge >= 0.3 is 0 Å². The molecule has 2 unspecified atom stereocenters. The number of ether oxygens (including phenoxy) is 2. The van der Waals surface area contributed by atoms with Crippen molar-refractivity contribution < 1.29 is 9.47 Å². The van der Waals surface area contributed by atoms with Crippen LogP contribution in [0.2, 0.25) is 5.15 Å². The van der Waals surface area contributed by atoms with Gasteiger partial charge in [-0.3, -0.25) is 0 Å². The van der Waals surface area contributed by atoms with E-state index < -0.39 is 0 Å². The van der Waals surface area contributed by atoms with Crippen molar-refractivity contribution in [2.45, 2.75) is 64.6 Å². The zero-order chi connectivity index (χ0) is 14.5. The maximum absolute atomic E-state index is 6.17. The molecule has 20 heavy (non-hydrogen) atoms. The summed E-state index contributed by atoms with van der Waals surface area (Å²) in [6.07, 6.45) is 6.47. The Balaban J connectivity index is 2.11. The van der Waals surface area contributed by atoms with Crippen LogP contribution in [0.5, 0.6) is 5.88 Å². The number of hydrogen-bond acceptors (Lipinski definition) is 4. The van der Waals surface area contributed by atoms with Gasteiger partial charge < -0.3 is 9.47 Å². The van der Waals surface area contributed by atoms with Crippen molar-refractivity contribution in [3.05, 3.63) is 16.5 Å². The van der Waals surface area contributed by atoms with Crippen LogP contribution in [-0.2, 0) is 11.2 Å². The zero-order valence-corrected chi connectivity index (χ0v) is 13.2. The predicted octanol–water partition coefficient (Wildman–Crippen LogP) is 3.73. The number of rotatable bonds is 5. The predicted molar refractivity (Wildman–Crippen MR) is 79.5 cm³/mol. The molecular weight excluding hydrogens is 276 g/mol. The van der Waals surface area contributed by atoms with Gasteiger partial charge in [0.25, 0.3) is 0 Å². The lowest BCUT2D eigenvalue weighted by Crippen LogP contribution is -2.30. The van der Waals surface area contributed by atoms with Gasteiger partial charge in [0.15, 0.2) is 0 Å². The van der Waals surface area contributed by atoms with Gasteiger partial charge in [0.1, 0.15) is 17.1 Å². The summed E-state index contributed by atoms with van der Waals surface area (Å²) in [5.74, 6) is 1.40. The summed E-state index contributed by atoms with van der Waals surface area (Å²) in [5, 5.41) is 0.498. The molecule has 0 amide bonds. The molecule has 5 heteroatoms. The van der Waals surface area contributed by atoms with E-state index in [-0.39, 0.29) is 6.10 Å². The first-order valence-corrected chi connectivity index (χ1v) is 7.74. The van der Waals surface area contributed by atoms with E-state index in [1.165, 1.54) is 0 Å². The Kier molecular flexibility index (Phi) is 5.61. The second-order valence-electron chi connectivity index (χ2n) is 5.37. The van der Waals surface area contributed by atoms with Crippen molar-refractivity contribution in [1.29, 1.82) is 0 Å². The number of aromatic nitrogens is 2. The number of nitrogens with zero attached hydrogens (tertiary/aromatic N) is 2. The Morgan fingerprint density at radius 2 is 2.00 bits per heavy atom. The molecule has 1 aliphatic rings. The lowest BCUT2D eigenvalue weighted by atomic mass is 9.95. The molecule has 112 valence electrons. The molecule has 1 aromatic rings. The minimum absolute atomic E-state index is 0.160. The number of methoxy groups -OCH3 is 1. The van der Waals surface area contributed by atoms with E-state index >= 15 is 0 Å². The van der Waals surface area contributed by atoms with Gasteiger partial charge in [-0.05, 0) is 32.6 Å². The third kappa shape index (κ3) is 3.83. The number of aryl methyl sites for hydroxylation is 1. The van der Waals surface area contributed by atoms with E-state index in [4.69, 9.17) is 21.1 Å². The summed E-state index contributed by atoms with van der Waals surface area (Å²) in [6, 6.07) is 0. The highest BCUT2D eigenvalue weighted by Gasteiger charge is 2.24. The lowest BCUT2D eigenvalue weighted by molar-refractivity contribution is 0.0191. The van der Waals surface area contributed by atoms with E-state index in [1.54, 1.807) is 7.11 Å². The van der Waals surface area contributed by atoms with Crippen molar-refractivity contribution in [1.82, 2.24) is 9.97 Å². The third-order valence-corrected chi connectivity index (χ3v) is 4.12. The minimum Gasteiger partial charge on any atom is -0.474 e. The molecule has 0 aliphatic heterocycles. The maximum Gasteiger partial charge on any atom is 0.221 e. The van der Waals surface area contributed by atoms with Crippen LogP contribution in [0, 0.1) is 6.92 Å². The number of halogens is 1. The first kappa shape index (κ1) is 15.5. The summed E-state index contributed by atoms with van der Waals surface area (Å²) < 4.78 is 11.5. The normalized spacial score (nSPS) is 22.8. The molecule has 0 aromatic carbocycles. The fraction of sp³-hybridized carbons (Fsp3) is 0.733. The van der Waals surface area contributed by atoms with E-state index in [0.717, 1.165) is 49.9 Å². The molecule has 1 heterocycles. The van der Waals surface area contributed by atoms with E-state index in [1.807, 2.05) is 6.92 Å². The molecule has 2 rings (SSSR count). The number of hydrogen-bond donors (Lipinski definition) is 0. The summed E-state index contributed by atoms with van der Waals surface area (Å²) in [4.78, 5) is 8.81. The fourth-order valence-electron chi connectivity index (χ4n) is 2.54. The highest BCUT2D eigenvalue weighted by atomic mass is 35.5. The monoisotopic (exact) mass is 298 g/mol. The minimum atomic E-state index is 0.160. The lowest BCUT2D eigenvalue weighted by Gasteiger charge is -2.28. The Labute approximate surface area is 125 Å². The first-order valence-electron chi connectivity index (χ1n) is 7.36. The van der Waals surface area contributed by atoms with Gasteiger partial charge in [-0.25, -0.2) is 4.98 Å². The van der Waals surface area contributed by atoms with Crippen LogP contribution in [0.3, 0.4) is 0 Å². The Bertz CT molecular complexity index is 454. The van der Waals surface area contributed by atoms with Crippen LogP contribution in [0.1, 0.15) is 50.4 Å². The molecule has 0 N–H and O–H groups in total. The molecule has 1 saturated carbocycles. The molecule has 1 aromatic heterocycles. The highest BCUT2D eigenvalue weighted by molar-refractivity contribution is 6.30. The largest absolute Gasteiger partial charge is 0.474 e. The maximum atomic E-state index is 6.17. The van der Waals surface area contributed by atoms with E-state index in [0.29, 0.717) is 17.1 Å². The van der Waals surface area contributed by atoms with Gasteiger partial charge in [-0.2, -0.15) is 4.98 Å². The molecule has 0 saturated heterocycles. The van der Waals surface area contributed by atoms with Crippen molar-refractivity contribution in [3.63, 3.8) is 0 Å². The Hall–Kier alpha value is -0.870. The van der Waals surface area contributed by atoms with Crippen LogP contribution >= 0.6 is 11.6 Å². The SMILES string of the molecule is CCCc1nc(Cl)c(C)c(OC2CCCC(OC)C2)n1. The average Bonchev–Trinajstić information content (AvgIpc) is 2.45. The first-order chi connectivity index (χ1) is 9.63. The van der Waals surface area contributed by atoms with Crippen LogP contribution in [0.15, 0.2) is 0 Å². The van der Waals surface area contributed by atoms with Crippen molar-refractivity contribution >= 4 is 11.6 Å². The van der Waals surface area contributed by atoms with Crippen LogP contribution in [-0.4, -0.2) is 29.3 Å². The molecule has 1 fully saturated rings. The van der Waals surface area contributed by atoms with Crippen molar-refractivity contribution in [2.75, 3.05) is 7.11 Å². The van der Waals surface area contributed by atoms with Crippen LogP contribution in [0.25, 0.3) is 0 Å². The molecule has 2 atom stereocenters. The fourth-order valence-corrected chi connectivity index (χ4v) is 2.72. The topological polar surface area (TPSA) is 44.2 Å². The van der Waals surface area contributed by atoms with E-state index in [2.05, 4.69) is 16.9 Å². The average molecular weight is 299 g/mol. The van der Waals surface area contributed by atoms with Crippen LogP contribution < -0.4 is 4.74 Å². The highest BCUT2D eigenvalue weighted by Crippen LogP contribution is 2.28. The molecule has 0 spiro atoms. The molecule has 4 nitrogen and oxygen atoms in total. The Morgan fingerprint density at radius 3 is 2.70 bits per heavy atom. The zero-order valence-electron chi connectivity index (χ0n) is 12.5. The van der Waals surface area contributed by atoms with Gasteiger partial charge in [0.2, 0.25) is 5.88 Å². The van der Waals surface area contributed by atoms with Gasteiger partial charge in [0.05, 0.1) is 6.10 Å². The second kappa shape index (κ2) is 7.23. The summed E-state index contributed by atoms with van der Waals surface area (Å²) in [5.41, 5.74) is 0.825. The quantitative estimate of drug-likeness (QED) is 0.777. The molecular formula is C15H23ClN2O2. The summed E-state index contributed by atoms with van der Waals surface area (Å²) >= 11 is 6.17. The summed E-state index contributed by atoms with van der Waals surface area (Å²) in [7, 11) is 1.76. The molecule has 0 bridgehead atoms. The molecule has 0 radical (unpaired) electrons. The smallest absolute Gasteiger partial charge is 0.221 e. The molecule has 1 aliphatic carbocycles. The van der Waals surface area contributed by atoms with Gasteiger partial charge in [-0.15, -0.1) is 0 Å². The van der Waals surface area contributed by atoms with Gasteiger partial charge in [0, 0.05) is 25.5 Å².